The lowest BCUT2D eigenvalue weighted by atomic mass is 9.97. The second-order valence-electron chi connectivity index (χ2n) is 13.4. The predicted molar refractivity (Wildman–Crippen MR) is 193 cm³/mol. The average molecular weight is 730 g/mol. The van der Waals surface area contributed by atoms with Crippen LogP contribution in [0.15, 0.2) is 72.9 Å². The number of nitrogens with one attached hydrogen (secondary N) is 1. The number of nitrogens with zero attached hydrogens (tertiary/aromatic N) is 4. The number of rotatable bonds is 13. The standard InChI is InChI=1S/C39H38F3N5O4S/c1-39(2,3)37(49)51-23-33-46-35(25-9-6-8-24(20-25)21-31(48)34-27(40)10-7-11-28(34)41)36(52-33)30-14-15-43-38(45-30)44-26-12-13-32(29(42)22-26)50-19-18-47-16-4-5-17-47/h6-15,20,22H,4-5,16-19,21,23H2,1-3H3,(H,43,44,45). The largest absolute Gasteiger partial charge is 0.489 e. The third-order valence-corrected chi connectivity index (χ3v) is 9.41. The number of halogens is 3. The third kappa shape index (κ3) is 9.01. The highest BCUT2D eigenvalue weighted by molar-refractivity contribution is 7.15. The fourth-order valence-corrected chi connectivity index (χ4v) is 6.64. The van der Waals surface area contributed by atoms with Crippen LogP contribution in [0.1, 0.15) is 54.5 Å². The number of carbonyl (C=O) groups excluding carboxylic acids is 2. The molecule has 3 aromatic carbocycles. The molecule has 0 aliphatic carbocycles. The highest BCUT2D eigenvalue weighted by Crippen LogP contribution is 2.37. The zero-order valence-corrected chi connectivity index (χ0v) is 29.9. The molecular formula is C39H38F3N5O4S. The van der Waals surface area contributed by atoms with E-state index in [4.69, 9.17) is 19.4 Å². The molecule has 0 amide bonds. The average Bonchev–Trinajstić information content (AvgIpc) is 3.79. The van der Waals surface area contributed by atoms with Gasteiger partial charge in [-0.3, -0.25) is 14.5 Å². The van der Waals surface area contributed by atoms with Crippen LogP contribution in [0.25, 0.3) is 21.8 Å². The highest BCUT2D eigenvalue weighted by atomic mass is 32.1. The minimum Gasteiger partial charge on any atom is -0.489 e. The number of carbonyl (C=O) groups is 2. The van der Waals surface area contributed by atoms with Crippen molar-refractivity contribution in [3.05, 3.63) is 107 Å². The number of hydrogen-bond acceptors (Lipinski definition) is 10. The summed E-state index contributed by atoms with van der Waals surface area (Å²) in [5.74, 6) is -3.10. The Morgan fingerprint density at radius 1 is 0.923 bits per heavy atom. The van der Waals surface area contributed by atoms with Crippen LogP contribution in [0, 0.1) is 22.9 Å². The molecule has 0 spiro atoms. The summed E-state index contributed by atoms with van der Waals surface area (Å²) in [4.78, 5) is 42.2. The molecule has 0 bridgehead atoms. The summed E-state index contributed by atoms with van der Waals surface area (Å²) in [5, 5.41) is 3.54. The first kappa shape index (κ1) is 36.6. The van der Waals surface area contributed by atoms with Crippen LogP contribution >= 0.6 is 11.3 Å². The molecule has 1 N–H and O–H groups in total. The van der Waals surface area contributed by atoms with E-state index in [9.17, 15) is 22.8 Å². The smallest absolute Gasteiger partial charge is 0.311 e. The molecule has 52 heavy (non-hydrogen) atoms. The lowest BCUT2D eigenvalue weighted by molar-refractivity contribution is -0.154. The molecule has 3 heterocycles. The van der Waals surface area contributed by atoms with Gasteiger partial charge in [-0.1, -0.05) is 24.3 Å². The van der Waals surface area contributed by atoms with Crippen molar-refractivity contribution < 1.29 is 32.2 Å². The number of hydrogen-bond donors (Lipinski definition) is 1. The Labute approximate surface area is 303 Å². The van der Waals surface area contributed by atoms with E-state index >= 15 is 0 Å². The van der Waals surface area contributed by atoms with Gasteiger partial charge in [0, 0.05) is 36.5 Å². The lowest BCUT2D eigenvalue weighted by Crippen LogP contribution is -2.25. The van der Waals surface area contributed by atoms with Crippen molar-refractivity contribution in [1.29, 1.82) is 0 Å². The summed E-state index contributed by atoms with van der Waals surface area (Å²) in [7, 11) is 0. The highest BCUT2D eigenvalue weighted by Gasteiger charge is 2.25. The predicted octanol–water partition coefficient (Wildman–Crippen LogP) is 8.42. The van der Waals surface area contributed by atoms with Crippen LogP contribution in [-0.2, 0) is 22.6 Å². The van der Waals surface area contributed by atoms with Crippen LogP contribution in [0.4, 0.5) is 24.8 Å². The molecular weight excluding hydrogens is 692 g/mol. The normalized spacial score (nSPS) is 13.3. The summed E-state index contributed by atoms with van der Waals surface area (Å²) in [5.41, 5.74) is 1.21. The quantitative estimate of drug-likeness (QED) is 0.0945. The molecule has 1 aliphatic rings. The van der Waals surface area contributed by atoms with Gasteiger partial charge >= 0.3 is 5.97 Å². The second-order valence-corrected chi connectivity index (χ2v) is 14.5. The van der Waals surface area contributed by atoms with Gasteiger partial charge in [0.25, 0.3) is 0 Å². The van der Waals surface area contributed by atoms with Crippen molar-refractivity contribution in [2.75, 3.05) is 31.6 Å². The Kier molecular flexibility index (Phi) is 11.3. The molecule has 0 unspecified atom stereocenters. The summed E-state index contributed by atoms with van der Waals surface area (Å²) < 4.78 is 54.9. The van der Waals surface area contributed by atoms with Gasteiger partial charge < -0.3 is 14.8 Å². The molecule has 1 fully saturated rings. The molecule has 0 radical (unpaired) electrons. The maximum Gasteiger partial charge on any atom is 0.311 e. The number of ether oxygens (including phenoxy) is 2. The first-order valence-corrected chi connectivity index (χ1v) is 17.7. The van der Waals surface area contributed by atoms with Crippen molar-refractivity contribution >= 4 is 34.7 Å². The van der Waals surface area contributed by atoms with Gasteiger partial charge in [0.1, 0.15) is 29.9 Å². The van der Waals surface area contributed by atoms with Crippen molar-refractivity contribution in [3.63, 3.8) is 0 Å². The number of Topliss-reactive ketones (excluding diaryl/α,β-unsaturated/α-hetero) is 1. The molecule has 9 nitrogen and oxygen atoms in total. The molecule has 270 valence electrons. The molecule has 13 heteroatoms. The zero-order chi connectivity index (χ0) is 36.8. The first-order valence-electron chi connectivity index (χ1n) is 16.9. The molecule has 0 atom stereocenters. The summed E-state index contributed by atoms with van der Waals surface area (Å²) in [6, 6.07) is 16.5. The van der Waals surface area contributed by atoms with Crippen molar-refractivity contribution in [3.8, 4) is 27.6 Å². The number of esters is 1. The fraction of sp³-hybridized carbons (Fsp3) is 0.308. The van der Waals surface area contributed by atoms with E-state index in [-0.39, 0.29) is 24.7 Å². The zero-order valence-electron chi connectivity index (χ0n) is 29.0. The van der Waals surface area contributed by atoms with E-state index in [0.717, 1.165) is 31.8 Å². The number of ketones is 1. The van der Waals surface area contributed by atoms with Crippen molar-refractivity contribution in [1.82, 2.24) is 19.9 Å². The monoisotopic (exact) mass is 729 g/mol. The maximum atomic E-state index is 15.0. The van der Waals surface area contributed by atoms with E-state index in [1.54, 1.807) is 69.4 Å². The van der Waals surface area contributed by atoms with E-state index in [2.05, 4.69) is 15.2 Å². The van der Waals surface area contributed by atoms with E-state index in [1.807, 2.05) is 0 Å². The first-order chi connectivity index (χ1) is 24.9. The molecule has 1 aliphatic heterocycles. The van der Waals surface area contributed by atoms with Crippen LogP contribution in [0.3, 0.4) is 0 Å². The van der Waals surface area contributed by atoms with Crippen molar-refractivity contribution in [2.45, 2.75) is 46.6 Å². The van der Waals surface area contributed by atoms with Gasteiger partial charge in [0.15, 0.2) is 17.3 Å². The topological polar surface area (TPSA) is 107 Å². The minimum atomic E-state index is -0.925. The van der Waals surface area contributed by atoms with Crippen LogP contribution in [0.5, 0.6) is 5.75 Å². The van der Waals surface area contributed by atoms with Crippen LogP contribution in [0.2, 0.25) is 0 Å². The number of benzene rings is 3. The molecule has 2 aromatic heterocycles. The Balaban J connectivity index is 1.25. The van der Waals surface area contributed by atoms with E-state index < -0.39 is 40.2 Å². The number of aromatic nitrogens is 3. The van der Waals surface area contributed by atoms with Gasteiger partial charge in [-0.15, -0.1) is 11.3 Å². The number of anilines is 2. The summed E-state index contributed by atoms with van der Waals surface area (Å²) in [6.45, 7) is 8.40. The van der Waals surface area contributed by atoms with E-state index in [0.29, 0.717) is 44.7 Å². The van der Waals surface area contributed by atoms with Crippen LogP contribution < -0.4 is 10.1 Å². The summed E-state index contributed by atoms with van der Waals surface area (Å²) in [6.07, 6.45) is 3.65. The Bertz CT molecular complexity index is 2060. The van der Waals surface area contributed by atoms with Gasteiger partial charge in [-0.25, -0.2) is 28.1 Å². The lowest BCUT2D eigenvalue weighted by Gasteiger charge is -2.15. The molecule has 6 rings (SSSR count). The number of likely N-dealkylation sites (tertiary alicyclic amines) is 1. The van der Waals surface area contributed by atoms with Crippen molar-refractivity contribution in [2.24, 2.45) is 5.41 Å². The Hall–Kier alpha value is -5.14. The Morgan fingerprint density at radius 3 is 2.40 bits per heavy atom. The summed E-state index contributed by atoms with van der Waals surface area (Å²) >= 11 is 1.26. The van der Waals surface area contributed by atoms with Gasteiger partial charge in [-0.05, 0) is 88.7 Å². The second kappa shape index (κ2) is 16.0. The SMILES string of the molecule is CC(C)(C)C(=O)OCc1nc(-c2cccc(CC(=O)c3c(F)cccc3F)c2)c(-c2ccnc(Nc3ccc(OCCN4CCCC4)c(F)c3)n2)s1. The van der Waals surface area contributed by atoms with Gasteiger partial charge in [0.2, 0.25) is 5.95 Å². The van der Waals surface area contributed by atoms with Crippen LogP contribution in [-0.4, -0.2) is 57.8 Å². The minimum absolute atomic E-state index is 0.0829. The maximum absolute atomic E-state index is 15.0. The molecule has 1 saturated heterocycles. The Morgan fingerprint density at radius 2 is 1.67 bits per heavy atom. The molecule has 0 saturated carbocycles. The van der Waals surface area contributed by atoms with E-state index in [1.165, 1.54) is 36.3 Å². The van der Waals surface area contributed by atoms with Gasteiger partial charge in [-0.2, -0.15) is 0 Å². The number of thiazole rings is 1. The third-order valence-electron chi connectivity index (χ3n) is 8.36. The fourth-order valence-electron chi connectivity index (χ4n) is 5.67. The van der Waals surface area contributed by atoms with Gasteiger partial charge in [0.05, 0.1) is 27.2 Å². The molecule has 5 aromatic rings.